The zero-order valence-electron chi connectivity index (χ0n) is 12.6. The van der Waals surface area contributed by atoms with Crippen molar-refractivity contribution in [3.8, 4) is 0 Å². The fourth-order valence-electron chi connectivity index (χ4n) is 3.73. The number of carbonyl (C=O) groups excluding carboxylic acids is 1. The van der Waals surface area contributed by atoms with Crippen LogP contribution in [0.2, 0.25) is 0 Å². The lowest BCUT2D eigenvalue weighted by Crippen LogP contribution is -2.47. The normalized spacial score (nSPS) is 29.1. The molecule has 21 heavy (non-hydrogen) atoms. The SMILES string of the molecule is CC(=O)NCC1CCCN(C2Cc3ccccc3C2O)C1. The maximum Gasteiger partial charge on any atom is 0.216 e. The van der Waals surface area contributed by atoms with Gasteiger partial charge in [-0.05, 0) is 42.9 Å². The smallest absolute Gasteiger partial charge is 0.216 e. The number of fused-ring (bicyclic) bond motifs is 1. The zero-order valence-corrected chi connectivity index (χ0v) is 12.6. The summed E-state index contributed by atoms with van der Waals surface area (Å²) in [6, 6.07) is 8.41. The van der Waals surface area contributed by atoms with Crippen LogP contribution in [0.25, 0.3) is 0 Å². The highest BCUT2D eigenvalue weighted by Crippen LogP contribution is 2.35. The minimum absolute atomic E-state index is 0.0421. The van der Waals surface area contributed by atoms with E-state index in [9.17, 15) is 9.90 Å². The molecule has 3 atom stereocenters. The van der Waals surface area contributed by atoms with Gasteiger partial charge in [0.1, 0.15) is 0 Å². The van der Waals surface area contributed by atoms with Gasteiger partial charge in [-0.15, -0.1) is 0 Å². The van der Waals surface area contributed by atoms with Crippen LogP contribution in [-0.4, -0.2) is 41.6 Å². The van der Waals surface area contributed by atoms with E-state index in [0.717, 1.165) is 44.5 Å². The number of nitrogens with zero attached hydrogens (tertiary/aromatic N) is 1. The number of likely N-dealkylation sites (tertiary alicyclic amines) is 1. The van der Waals surface area contributed by atoms with E-state index in [1.165, 1.54) is 5.56 Å². The topological polar surface area (TPSA) is 52.6 Å². The van der Waals surface area contributed by atoms with Gasteiger partial charge in [-0.1, -0.05) is 24.3 Å². The standard InChI is InChI=1S/C17H24N2O2/c1-12(20)18-10-13-5-4-8-19(11-13)16-9-14-6-2-3-7-15(14)17(16)21/h2-3,6-7,13,16-17,21H,4-5,8-11H2,1H3,(H,18,20). The second kappa shape index (κ2) is 6.16. The summed E-state index contributed by atoms with van der Waals surface area (Å²) >= 11 is 0. The Morgan fingerprint density at radius 2 is 2.24 bits per heavy atom. The van der Waals surface area contributed by atoms with Gasteiger partial charge in [0.05, 0.1) is 6.10 Å². The number of rotatable bonds is 3. The summed E-state index contributed by atoms with van der Waals surface area (Å²) in [5.41, 5.74) is 2.37. The first-order chi connectivity index (χ1) is 10.1. The molecule has 1 aliphatic carbocycles. The number of hydrogen-bond acceptors (Lipinski definition) is 3. The van der Waals surface area contributed by atoms with Crippen LogP contribution in [0.15, 0.2) is 24.3 Å². The summed E-state index contributed by atoms with van der Waals surface area (Å²) < 4.78 is 0. The predicted molar refractivity (Wildman–Crippen MR) is 81.9 cm³/mol. The van der Waals surface area contributed by atoms with E-state index in [1.807, 2.05) is 18.2 Å². The lowest BCUT2D eigenvalue weighted by Gasteiger charge is -2.38. The van der Waals surface area contributed by atoms with Gasteiger partial charge in [0.2, 0.25) is 5.91 Å². The molecule has 1 aliphatic heterocycles. The molecule has 0 spiro atoms. The van der Waals surface area contributed by atoms with Crippen LogP contribution in [-0.2, 0) is 11.2 Å². The van der Waals surface area contributed by atoms with Crippen LogP contribution in [0.1, 0.15) is 37.0 Å². The van der Waals surface area contributed by atoms with Gasteiger partial charge >= 0.3 is 0 Å². The molecule has 0 radical (unpaired) electrons. The Morgan fingerprint density at radius 3 is 3.00 bits per heavy atom. The van der Waals surface area contributed by atoms with Crippen molar-refractivity contribution in [2.45, 2.75) is 38.3 Å². The summed E-state index contributed by atoms with van der Waals surface area (Å²) in [4.78, 5) is 13.5. The molecule has 0 saturated carbocycles. The Hall–Kier alpha value is -1.39. The molecule has 114 valence electrons. The van der Waals surface area contributed by atoms with Crippen molar-refractivity contribution in [2.24, 2.45) is 5.92 Å². The third-order valence-corrected chi connectivity index (χ3v) is 4.83. The van der Waals surface area contributed by atoms with Crippen molar-refractivity contribution in [3.05, 3.63) is 35.4 Å². The second-order valence-electron chi connectivity index (χ2n) is 6.36. The van der Waals surface area contributed by atoms with Crippen LogP contribution in [0.4, 0.5) is 0 Å². The summed E-state index contributed by atoms with van der Waals surface area (Å²) in [6.07, 6.45) is 2.86. The average molecular weight is 288 g/mol. The molecule has 1 aromatic carbocycles. The quantitative estimate of drug-likeness (QED) is 0.886. The van der Waals surface area contributed by atoms with Gasteiger partial charge in [-0.3, -0.25) is 9.69 Å². The molecule has 0 aromatic heterocycles. The molecule has 2 N–H and O–H groups in total. The van der Waals surface area contributed by atoms with Crippen molar-refractivity contribution < 1.29 is 9.90 Å². The molecule has 4 nitrogen and oxygen atoms in total. The van der Waals surface area contributed by atoms with Crippen molar-refractivity contribution in [1.29, 1.82) is 0 Å². The van der Waals surface area contributed by atoms with E-state index in [1.54, 1.807) is 6.92 Å². The summed E-state index contributed by atoms with van der Waals surface area (Å²) in [6.45, 7) is 4.34. The van der Waals surface area contributed by atoms with Crippen LogP contribution < -0.4 is 5.32 Å². The Morgan fingerprint density at radius 1 is 1.43 bits per heavy atom. The first kappa shape index (κ1) is 14.5. The summed E-state index contributed by atoms with van der Waals surface area (Å²) in [5.74, 6) is 0.541. The van der Waals surface area contributed by atoms with Crippen molar-refractivity contribution in [3.63, 3.8) is 0 Å². The van der Waals surface area contributed by atoms with E-state index >= 15 is 0 Å². The van der Waals surface area contributed by atoms with Crippen LogP contribution in [0.5, 0.6) is 0 Å². The first-order valence-electron chi connectivity index (χ1n) is 7.89. The van der Waals surface area contributed by atoms with Gasteiger partial charge in [-0.2, -0.15) is 0 Å². The summed E-state index contributed by atoms with van der Waals surface area (Å²) in [5, 5.41) is 13.5. The molecule has 3 unspecified atom stereocenters. The van der Waals surface area contributed by atoms with E-state index in [4.69, 9.17) is 0 Å². The average Bonchev–Trinajstić information content (AvgIpc) is 2.83. The Kier molecular flexibility index (Phi) is 4.27. The third-order valence-electron chi connectivity index (χ3n) is 4.83. The summed E-state index contributed by atoms with van der Waals surface area (Å²) in [7, 11) is 0. The van der Waals surface area contributed by atoms with E-state index in [0.29, 0.717) is 5.92 Å². The van der Waals surface area contributed by atoms with Crippen LogP contribution >= 0.6 is 0 Å². The predicted octanol–water partition coefficient (Wildman–Crippen LogP) is 1.49. The number of aliphatic hydroxyl groups excluding tert-OH is 1. The fraction of sp³-hybridized carbons (Fsp3) is 0.588. The Balaban J connectivity index is 1.64. The molecular formula is C17H24N2O2. The second-order valence-corrected chi connectivity index (χ2v) is 6.36. The molecule has 4 heteroatoms. The van der Waals surface area contributed by atoms with Crippen molar-refractivity contribution in [1.82, 2.24) is 10.2 Å². The van der Waals surface area contributed by atoms with E-state index in [-0.39, 0.29) is 18.1 Å². The number of aliphatic hydroxyl groups is 1. The molecule has 1 fully saturated rings. The van der Waals surface area contributed by atoms with Gasteiger partial charge < -0.3 is 10.4 Å². The van der Waals surface area contributed by atoms with Crippen LogP contribution in [0, 0.1) is 5.92 Å². The van der Waals surface area contributed by atoms with Gasteiger partial charge in [-0.25, -0.2) is 0 Å². The maximum atomic E-state index is 11.1. The van der Waals surface area contributed by atoms with E-state index in [2.05, 4.69) is 16.3 Å². The lowest BCUT2D eigenvalue weighted by atomic mass is 9.95. The molecule has 1 saturated heterocycles. The Bertz CT molecular complexity index is 517. The molecule has 0 bridgehead atoms. The number of benzene rings is 1. The molecular weight excluding hydrogens is 264 g/mol. The van der Waals surface area contributed by atoms with Gasteiger partial charge in [0.15, 0.2) is 0 Å². The monoisotopic (exact) mass is 288 g/mol. The first-order valence-corrected chi connectivity index (χ1v) is 7.89. The highest BCUT2D eigenvalue weighted by Gasteiger charge is 2.36. The zero-order chi connectivity index (χ0) is 14.8. The fourth-order valence-corrected chi connectivity index (χ4v) is 3.73. The highest BCUT2D eigenvalue weighted by molar-refractivity contribution is 5.72. The van der Waals surface area contributed by atoms with Gasteiger partial charge in [0, 0.05) is 26.1 Å². The van der Waals surface area contributed by atoms with Crippen molar-refractivity contribution >= 4 is 5.91 Å². The number of hydrogen-bond donors (Lipinski definition) is 2. The third kappa shape index (κ3) is 3.11. The number of amides is 1. The number of carbonyl (C=O) groups is 1. The molecule has 1 aromatic rings. The molecule has 3 rings (SSSR count). The lowest BCUT2D eigenvalue weighted by molar-refractivity contribution is -0.119. The van der Waals surface area contributed by atoms with Crippen molar-refractivity contribution in [2.75, 3.05) is 19.6 Å². The molecule has 2 aliphatic rings. The molecule has 1 amide bonds. The Labute approximate surface area is 126 Å². The minimum Gasteiger partial charge on any atom is -0.387 e. The van der Waals surface area contributed by atoms with E-state index < -0.39 is 0 Å². The van der Waals surface area contributed by atoms with Gasteiger partial charge in [0.25, 0.3) is 0 Å². The molecule has 1 heterocycles. The largest absolute Gasteiger partial charge is 0.387 e. The van der Waals surface area contributed by atoms with Crippen LogP contribution in [0.3, 0.4) is 0 Å². The minimum atomic E-state index is -0.374. The number of piperidine rings is 1. The highest BCUT2D eigenvalue weighted by atomic mass is 16.3. The number of nitrogens with one attached hydrogen (secondary N) is 1. The maximum absolute atomic E-state index is 11.1.